The maximum absolute atomic E-state index is 10.4. The van der Waals surface area contributed by atoms with Gasteiger partial charge in [-0.1, -0.05) is 5.92 Å². The number of halogens is 1. The molecule has 2 aliphatic rings. The summed E-state index contributed by atoms with van der Waals surface area (Å²) in [6.07, 6.45) is 16.5. The molecule has 0 aliphatic carbocycles. The second-order valence-electron chi connectivity index (χ2n) is 3.94. The first kappa shape index (κ1) is 24.9. The predicted molar refractivity (Wildman–Crippen MR) is 72.8 cm³/mol. The molecule has 1 N–H and O–H groups in total. The first-order chi connectivity index (χ1) is 8.66. The van der Waals surface area contributed by atoms with E-state index < -0.39 is 5.60 Å². The second-order valence-corrected chi connectivity index (χ2v) is 3.94. The number of rotatable bonds is 0. The van der Waals surface area contributed by atoms with Gasteiger partial charge in [-0.05, 0) is 0 Å². The number of ether oxygens (including phenoxy) is 2. The molecule has 0 aromatic carbocycles. The number of hydrogen-bond donors (Lipinski definition) is 1. The van der Waals surface area contributed by atoms with Crippen LogP contribution in [0.25, 0.3) is 0 Å². The van der Waals surface area contributed by atoms with Crippen molar-refractivity contribution in [2.45, 2.75) is 31.3 Å². The minimum atomic E-state index is -0.877. The average molecular weight is 356 g/mol. The summed E-state index contributed by atoms with van der Waals surface area (Å²) in [6.45, 7) is 2.44. The van der Waals surface area contributed by atoms with Gasteiger partial charge < -0.3 is 44.4 Å². The van der Waals surface area contributed by atoms with Crippen molar-refractivity contribution in [2.75, 3.05) is 26.4 Å². The third kappa shape index (κ3) is 11.7. The molecule has 2 rings (SSSR count). The molecule has 0 aromatic heterocycles. The molecule has 0 atom stereocenters. The van der Waals surface area contributed by atoms with Gasteiger partial charge in [-0.25, -0.2) is 0 Å². The zero-order valence-electron chi connectivity index (χ0n) is 11.6. The summed E-state index contributed by atoms with van der Waals surface area (Å²) >= 11 is 0. The summed E-state index contributed by atoms with van der Waals surface area (Å²) < 4.78 is 9.93. The Kier molecular flexibility index (Phi) is 19.1. The van der Waals surface area contributed by atoms with Crippen molar-refractivity contribution in [3.8, 4) is 18.8 Å². The summed E-state index contributed by atoms with van der Waals surface area (Å²) in [4.78, 5) is 10.4. The van der Waals surface area contributed by atoms with Gasteiger partial charge in [0.05, 0.1) is 26.4 Å². The van der Waals surface area contributed by atoms with Gasteiger partial charge in [0, 0.05) is 25.7 Å². The smallest absolute Gasteiger partial charge is 1.00 e. The first-order valence-corrected chi connectivity index (χ1v) is 5.82. The van der Waals surface area contributed by atoms with Crippen LogP contribution in [-0.4, -0.2) is 66.0 Å². The van der Waals surface area contributed by atoms with Gasteiger partial charge in [0.2, 0.25) is 0 Å². The molecule has 0 radical (unpaired) electrons. The molecule has 2 heterocycles. The third-order valence-electron chi connectivity index (χ3n) is 2.64. The molecule has 2 aliphatic heterocycles. The molecule has 0 spiro atoms. The van der Waals surface area contributed by atoms with Crippen molar-refractivity contribution in [3.05, 3.63) is 6.42 Å². The maximum atomic E-state index is 10.4. The Labute approximate surface area is 147 Å². The molecule has 0 amide bonds. The van der Waals surface area contributed by atoms with Crippen LogP contribution in [-0.2, 0) is 14.3 Å². The number of hydrogen-bond acceptors (Lipinski definition) is 4. The predicted octanol–water partition coefficient (Wildman–Crippen LogP) is -2.64. The molecule has 0 aromatic rings. The number of carbonyl (C=O) groups is 1. The molecule has 0 saturated carbocycles. The third-order valence-corrected chi connectivity index (χ3v) is 2.64. The maximum Gasteiger partial charge on any atom is 2.00 e. The summed E-state index contributed by atoms with van der Waals surface area (Å²) in [5.41, 5.74) is -0.877. The molecule has 2 saturated heterocycles. The molecular formula is C14H19BrMgO4. The topological polar surface area (TPSA) is 55.8 Å². The average Bonchev–Trinajstić information content (AvgIpc) is 2.43. The number of ketones is 1. The van der Waals surface area contributed by atoms with E-state index in [2.05, 4.69) is 12.3 Å². The van der Waals surface area contributed by atoms with Crippen molar-refractivity contribution in [1.82, 2.24) is 0 Å². The fourth-order valence-corrected chi connectivity index (χ4v) is 1.45. The van der Waals surface area contributed by atoms with Crippen molar-refractivity contribution in [1.29, 1.82) is 0 Å². The summed E-state index contributed by atoms with van der Waals surface area (Å²) in [5, 5.41) is 9.36. The number of Topliss-reactive ketones (excluding diaryl/α,β-unsaturated/α-hetero) is 1. The van der Waals surface area contributed by atoms with Crippen LogP contribution in [0.5, 0.6) is 0 Å². The molecule has 6 heteroatoms. The van der Waals surface area contributed by atoms with Gasteiger partial charge in [0.25, 0.3) is 0 Å². The second kappa shape index (κ2) is 15.3. The van der Waals surface area contributed by atoms with Gasteiger partial charge >= 0.3 is 23.1 Å². The number of terminal acetylenes is 2. The van der Waals surface area contributed by atoms with E-state index in [1.54, 1.807) is 0 Å². The summed E-state index contributed by atoms with van der Waals surface area (Å²) in [5.74, 6) is 2.69. The van der Waals surface area contributed by atoms with Crippen LogP contribution >= 0.6 is 0 Å². The Balaban J connectivity index is -0.000000240. The normalized spacial score (nSPS) is 19.2. The van der Waals surface area contributed by atoms with E-state index >= 15 is 0 Å². The monoisotopic (exact) mass is 354 g/mol. The molecule has 2 fully saturated rings. The SMILES string of the molecule is C#CC1(O)CCOCC1.O=C1CCOCC1.[Br-].[C-]#C.[Mg+2]. The van der Waals surface area contributed by atoms with E-state index in [0.717, 1.165) is 0 Å². The Bertz CT molecular complexity index is 298. The van der Waals surface area contributed by atoms with Crippen molar-refractivity contribution in [3.63, 3.8) is 0 Å². The van der Waals surface area contributed by atoms with Gasteiger partial charge in [-0.3, -0.25) is 4.79 Å². The molecule has 20 heavy (non-hydrogen) atoms. The summed E-state index contributed by atoms with van der Waals surface area (Å²) in [6, 6.07) is 0. The van der Waals surface area contributed by atoms with E-state index in [1.807, 2.05) is 0 Å². The standard InChI is InChI=1S/C7H10O2.C5H8O2.C2H.BrH.Mg/c1-2-7(8)3-5-9-6-4-7;6-5-1-3-7-4-2-5;1-2;;/h1,8H,3-6H2;1-4H2;1H;1H;/q;;-1;;+2/p-1. The Morgan fingerprint density at radius 3 is 1.75 bits per heavy atom. The number of carbonyl (C=O) groups excluding carboxylic acids is 1. The van der Waals surface area contributed by atoms with Crippen LogP contribution in [0.15, 0.2) is 0 Å². The Hall–Kier alpha value is -0.0838. The Morgan fingerprint density at radius 1 is 1.10 bits per heavy atom. The quantitative estimate of drug-likeness (QED) is 0.293. The summed E-state index contributed by atoms with van der Waals surface area (Å²) in [7, 11) is 0. The molecule has 0 unspecified atom stereocenters. The van der Waals surface area contributed by atoms with Crippen LogP contribution in [0.4, 0.5) is 0 Å². The van der Waals surface area contributed by atoms with Gasteiger partial charge in [-0.2, -0.15) is 0 Å². The first-order valence-electron chi connectivity index (χ1n) is 5.82. The number of aliphatic hydroxyl groups is 1. The zero-order chi connectivity index (χ0) is 13.9. The van der Waals surface area contributed by atoms with E-state index in [4.69, 9.17) is 22.3 Å². The van der Waals surface area contributed by atoms with E-state index in [1.165, 1.54) is 0 Å². The Morgan fingerprint density at radius 2 is 1.50 bits per heavy atom. The van der Waals surface area contributed by atoms with E-state index in [0.29, 0.717) is 57.9 Å². The fraction of sp³-hybridized carbons (Fsp3) is 0.643. The van der Waals surface area contributed by atoms with Crippen molar-refractivity contribution >= 4 is 28.8 Å². The molecule has 0 bridgehead atoms. The van der Waals surface area contributed by atoms with Gasteiger partial charge in [0.1, 0.15) is 11.4 Å². The van der Waals surface area contributed by atoms with Gasteiger partial charge in [-0.15, -0.1) is 6.42 Å². The van der Waals surface area contributed by atoms with Crippen LogP contribution < -0.4 is 17.0 Å². The van der Waals surface area contributed by atoms with E-state index in [9.17, 15) is 9.90 Å². The van der Waals surface area contributed by atoms with E-state index in [-0.39, 0.29) is 40.0 Å². The minimum Gasteiger partial charge on any atom is -1.00 e. The largest absolute Gasteiger partial charge is 2.00 e. The van der Waals surface area contributed by atoms with Crippen LogP contribution in [0.1, 0.15) is 25.7 Å². The van der Waals surface area contributed by atoms with Crippen LogP contribution in [0.3, 0.4) is 0 Å². The minimum absolute atomic E-state index is 0. The van der Waals surface area contributed by atoms with Crippen molar-refractivity contribution < 1.29 is 36.4 Å². The van der Waals surface area contributed by atoms with Crippen LogP contribution in [0, 0.1) is 25.2 Å². The van der Waals surface area contributed by atoms with Crippen LogP contribution in [0.2, 0.25) is 0 Å². The zero-order valence-corrected chi connectivity index (χ0v) is 14.6. The molecule has 4 nitrogen and oxygen atoms in total. The fourth-order valence-electron chi connectivity index (χ4n) is 1.45. The molecular weight excluding hydrogens is 336 g/mol. The molecule has 108 valence electrons. The van der Waals surface area contributed by atoms with Crippen molar-refractivity contribution in [2.24, 2.45) is 0 Å². The van der Waals surface area contributed by atoms with Gasteiger partial charge in [0.15, 0.2) is 0 Å².